The minimum Gasteiger partial charge on any atom is -0.449 e. The first kappa shape index (κ1) is 19.9. The zero-order valence-corrected chi connectivity index (χ0v) is 17.0. The number of hydrogen-bond acceptors (Lipinski definition) is 4. The van der Waals surface area contributed by atoms with Crippen molar-refractivity contribution in [3.05, 3.63) is 70.8 Å². The van der Waals surface area contributed by atoms with Crippen molar-refractivity contribution in [3.8, 4) is 0 Å². The summed E-state index contributed by atoms with van der Waals surface area (Å²) in [6.45, 7) is 3.13. The number of rotatable bonds is 2. The Balaban J connectivity index is 0.00000205. The van der Waals surface area contributed by atoms with Gasteiger partial charge in [0, 0.05) is 24.1 Å². The Morgan fingerprint density at radius 3 is 2.55 bits per heavy atom. The molecule has 1 spiro atoms. The van der Waals surface area contributed by atoms with Gasteiger partial charge in [0.05, 0.1) is 12.1 Å². The molecule has 2 saturated heterocycles. The van der Waals surface area contributed by atoms with E-state index in [1.807, 2.05) is 35.2 Å². The molecule has 0 aromatic heterocycles. The number of carbonyl (C=O) groups excluding carboxylic acids is 2. The third-order valence-corrected chi connectivity index (χ3v) is 6.41. The van der Waals surface area contributed by atoms with Crippen LogP contribution in [0.15, 0.2) is 48.5 Å². The highest BCUT2D eigenvalue weighted by Gasteiger charge is 2.50. The Hall–Kier alpha value is -2.37. The van der Waals surface area contributed by atoms with E-state index < -0.39 is 5.60 Å². The second-order valence-electron chi connectivity index (χ2n) is 8.05. The average Bonchev–Trinajstić information content (AvgIpc) is 3.30. The summed E-state index contributed by atoms with van der Waals surface area (Å²) in [6.07, 6.45) is 2.94. The third kappa shape index (κ3) is 3.43. The first-order chi connectivity index (χ1) is 13.7. The van der Waals surface area contributed by atoms with Gasteiger partial charge in [-0.15, -0.1) is 12.4 Å². The maximum absolute atomic E-state index is 13.0. The molecule has 0 bridgehead atoms. The number of hydrogen-bond donors (Lipinski definition) is 1. The average molecular weight is 413 g/mol. The van der Waals surface area contributed by atoms with Crippen LogP contribution in [-0.4, -0.2) is 43.0 Å². The van der Waals surface area contributed by atoms with Crippen molar-refractivity contribution in [3.63, 3.8) is 0 Å². The van der Waals surface area contributed by atoms with Gasteiger partial charge in [-0.2, -0.15) is 0 Å². The molecule has 0 radical (unpaired) electrons. The second kappa shape index (κ2) is 7.81. The van der Waals surface area contributed by atoms with Crippen molar-refractivity contribution < 1.29 is 14.3 Å². The summed E-state index contributed by atoms with van der Waals surface area (Å²) in [7, 11) is 0. The number of piperidine rings is 1. The molecule has 152 valence electrons. The van der Waals surface area contributed by atoms with E-state index in [1.54, 1.807) is 6.07 Å². The van der Waals surface area contributed by atoms with Crippen LogP contribution in [-0.2, 0) is 10.3 Å². The first-order valence-corrected chi connectivity index (χ1v) is 10.1. The van der Waals surface area contributed by atoms with Gasteiger partial charge in [0.15, 0.2) is 5.60 Å². The summed E-state index contributed by atoms with van der Waals surface area (Å²) in [5, 5.41) is 3.39. The topological polar surface area (TPSA) is 58.6 Å². The van der Waals surface area contributed by atoms with Gasteiger partial charge in [-0.25, -0.2) is 4.79 Å². The number of esters is 1. The summed E-state index contributed by atoms with van der Waals surface area (Å²) in [6, 6.07) is 15.6. The largest absolute Gasteiger partial charge is 0.449 e. The van der Waals surface area contributed by atoms with Crippen molar-refractivity contribution in [1.29, 1.82) is 0 Å². The standard InChI is InChI=1S/C23H24N2O3.ClH/c26-21(18-7-5-16(6-8-18)17-9-12-24-13-10-17)25-14-11-23(15-25)20-4-2-1-3-19(20)22(27)28-23;/h1-8,17,24H,9-15H2;1H/t23-;/m0./s1. The lowest BCUT2D eigenvalue weighted by molar-refractivity contribution is -0.00306. The monoisotopic (exact) mass is 412 g/mol. The molecule has 1 amide bonds. The number of amides is 1. The number of nitrogens with one attached hydrogen (secondary N) is 1. The van der Waals surface area contributed by atoms with Gasteiger partial charge in [0.1, 0.15) is 0 Å². The highest BCUT2D eigenvalue weighted by molar-refractivity contribution is 5.96. The molecule has 5 nitrogen and oxygen atoms in total. The van der Waals surface area contributed by atoms with Crippen LogP contribution >= 0.6 is 12.4 Å². The molecule has 3 heterocycles. The third-order valence-electron chi connectivity index (χ3n) is 6.41. The number of halogens is 1. The van der Waals surface area contributed by atoms with Gasteiger partial charge in [-0.1, -0.05) is 30.3 Å². The van der Waals surface area contributed by atoms with Crippen LogP contribution in [0.4, 0.5) is 0 Å². The number of likely N-dealkylation sites (tertiary alicyclic amines) is 1. The summed E-state index contributed by atoms with van der Waals surface area (Å²) >= 11 is 0. The zero-order chi connectivity index (χ0) is 19.1. The fourth-order valence-corrected chi connectivity index (χ4v) is 4.84. The van der Waals surface area contributed by atoms with E-state index in [-0.39, 0.29) is 24.3 Å². The van der Waals surface area contributed by atoms with Crippen LogP contribution in [0, 0.1) is 0 Å². The SMILES string of the molecule is Cl.O=C1O[C@]2(CCN(C(=O)c3ccc(C4CCNCC4)cc3)C2)c2ccccc21. The van der Waals surface area contributed by atoms with Gasteiger partial charge in [-0.3, -0.25) is 4.79 Å². The minimum absolute atomic E-state index is 0. The van der Waals surface area contributed by atoms with E-state index in [2.05, 4.69) is 17.4 Å². The van der Waals surface area contributed by atoms with Crippen LogP contribution in [0.2, 0.25) is 0 Å². The summed E-state index contributed by atoms with van der Waals surface area (Å²) in [4.78, 5) is 27.1. The molecule has 3 aliphatic heterocycles. The summed E-state index contributed by atoms with van der Waals surface area (Å²) in [5.74, 6) is 0.306. The van der Waals surface area contributed by atoms with Gasteiger partial charge < -0.3 is 15.0 Å². The minimum atomic E-state index is -0.682. The van der Waals surface area contributed by atoms with Crippen LogP contribution in [0.1, 0.15) is 57.0 Å². The highest BCUT2D eigenvalue weighted by Crippen LogP contribution is 2.43. The lowest BCUT2D eigenvalue weighted by Gasteiger charge is -2.25. The molecule has 2 fully saturated rings. The highest BCUT2D eigenvalue weighted by atomic mass is 35.5. The van der Waals surface area contributed by atoms with Gasteiger partial charge in [0.25, 0.3) is 5.91 Å². The fourth-order valence-electron chi connectivity index (χ4n) is 4.84. The van der Waals surface area contributed by atoms with E-state index in [0.717, 1.165) is 31.5 Å². The Morgan fingerprint density at radius 2 is 1.79 bits per heavy atom. The van der Waals surface area contributed by atoms with Gasteiger partial charge >= 0.3 is 5.97 Å². The lowest BCUT2D eigenvalue weighted by Crippen LogP contribution is -2.34. The van der Waals surface area contributed by atoms with Crippen molar-refractivity contribution in [2.45, 2.75) is 30.8 Å². The Morgan fingerprint density at radius 1 is 1.07 bits per heavy atom. The first-order valence-electron chi connectivity index (χ1n) is 10.1. The van der Waals surface area contributed by atoms with Crippen molar-refractivity contribution >= 4 is 24.3 Å². The molecular weight excluding hydrogens is 388 g/mol. The van der Waals surface area contributed by atoms with E-state index in [1.165, 1.54) is 5.56 Å². The quantitative estimate of drug-likeness (QED) is 0.767. The molecule has 0 unspecified atom stereocenters. The molecule has 1 atom stereocenters. The van der Waals surface area contributed by atoms with Crippen LogP contribution in [0.25, 0.3) is 0 Å². The van der Waals surface area contributed by atoms with Gasteiger partial charge in [0.2, 0.25) is 0 Å². The van der Waals surface area contributed by atoms with Gasteiger partial charge in [-0.05, 0) is 55.6 Å². The molecule has 1 N–H and O–H groups in total. The van der Waals surface area contributed by atoms with E-state index in [0.29, 0.717) is 36.6 Å². The van der Waals surface area contributed by atoms with E-state index in [9.17, 15) is 9.59 Å². The maximum Gasteiger partial charge on any atom is 0.339 e. The number of benzene rings is 2. The molecule has 0 aliphatic carbocycles. The van der Waals surface area contributed by atoms with Crippen molar-refractivity contribution in [2.75, 3.05) is 26.2 Å². The molecule has 6 heteroatoms. The number of fused-ring (bicyclic) bond motifs is 2. The molecule has 3 aliphatic rings. The normalized spacial score (nSPS) is 23.6. The lowest BCUT2D eigenvalue weighted by atomic mass is 9.90. The maximum atomic E-state index is 13.0. The molecule has 29 heavy (non-hydrogen) atoms. The summed E-state index contributed by atoms with van der Waals surface area (Å²) < 4.78 is 5.76. The Kier molecular flexibility index (Phi) is 5.36. The molecule has 0 saturated carbocycles. The van der Waals surface area contributed by atoms with E-state index >= 15 is 0 Å². The Labute approximate surface area is 176 Å². The van der Waals surface area contributed by atoms with Crippen molar-refractivity contribution in [2.24, 2.45) is 0 Å². The van der Waals surface area contributed by atoms with Crippen LogP contribution in [0.3, 0.4) is 0 Å². The molecular formula is C23H25ClN2O3. The van der Waals surface area contributed by atoms with E-state index in [4.69, 9.17) is 4.74 Å². The molecule has 5 rings (SSSR count). The smallest absolute Gasteiger partial charge is 0.339 e. The number of ether oxygens (including phenoxy) is 1. The van der Waals surface area contributed by atoms with Crippen molar-refractivity contribution in [1.82, 2.24) is 10.2 Å². The number of nitrogens with zero attached hydrogens (tertiary/aromatic N) is 1. The molecule has 2 aromatic rings. The molecule has 2 aromatic carbocycles. The fraction of sp³-hybridized carbons (Fsp3) is 0.391. The summed E-state index contributed by atoms with van der Waals surface area (Å²) in [5.41, 5.74) is 2.87. The van der Waals surface area contributed by atoms with Crippen LogP contribution in [0.5, 0.6) is 0 Å². The Bertz CT molecular complexity index is 924. The number of carbonyl (C=O) groups is 2. The predicted molar refractivity (Wildman–Crippen MR) is 113 cm³/mol. The van der Waals surface area contributed by atoms with Crippen LogP contribution < -0.4 is 5.32 Å². The predicted octanol–water partition coefficient (Wildman–Crippen LogP) is 3.49. The second-order valence-corrected chi connectivity index (χ2v) is 8.05. The zero-order valence-electron chi connectivity index (χ0n) is 16.2.